The first-order valence-corrected chi connectivity index (χ1v) is 8.15. The zero-order valence-electron chi connectivity index (χ0n) is 14.8. The topological polar surface area (TPSA) is 113 Å². The van der Waals surface area contributed by atoms with Crippen molar-refractivity contribution in [3.63, 3.8) is 0 Å². The molecule has 0 heterocycles. The van der Waals surface area contributed by atoms with E-state index in [0.717, 1.165) is 25.3 Å². The number of halogens is 1. The highest BCUT2D eigenvalue weighted by molar-refractivity contribution is 5.97. The van der Waals surface area contributed by atoms with Crippen LogP contribution in [-0.2, 0) is 9.47 Å². The van der Waals surface area contributed by atoms with Crippen molar-refractivity contribution in [1.82, 2.24) is 0 Å². The Labute approximate surface area is 159 Å². The number of Topliss-reactive ketones (excluding diaryl/α,β-unsaturated/α-hetero) is 1. The van der Waals surface area contributed by atoms with Crippen molar-refractivity contribution in [2.75, 3.05) is 13.7 Å². The molecule has 28 heavy (non-hydrogen) atoms. The summed E-state index contributed by atoms with van der Waals surface area (Å²) in [4.78, 5) is 45.9. The van der Waals surface area contributed by atoms with Gasteiger partial charge in [0.1, 0.15) is 5.82 Å². The minimum atomic E-state index is -0.872. The zero-order chi connectivity index (χ0) is 20.7. The standard InChI is InChI=1S/C19H16FNO7/c1-27-18(23)13-9-14(11-16(10-13)21(25)26)19(24)28-8-2-3-17(22)12-4-6-15(20)7-5-12/h4-7,9-11H,2-3,8H2,1H3. The molecule has 0 radical (unpaired) electrons. The minimum absolute atomic E-state index is 0.0707. The zero-order valence-corrected chi connectivity index (χ0v) is 14.8. The Balaban J connectivity index is 1.96. The van der Waals surface area contributed by atoms with Crippen LogP contribution in [0, 0.1) is 15.9 Å². The Morgan fingerprint density at radius 2 is 1.61 bits per heavy atom. The monoisotopic (exact) mass is 389 g/mol. The van der Waals surface area contributed by atoms with Crippen LogP contribution in [0.2, 0.25) is 0 Å². The van der Waals surface area contributed by atoms with Crippen LogP contribution in [0.1, 0.15) is 43.9 Å². The molecule has 0 bridgehead atoms. The summed E-state index contributed by atoms with van der Waals surface area (Å²) in [6.07, 6.45) is 0.280. The van der Waals surface area contributed by atoms with Gasteiger partial charge in [0.25, 0.3) is 5.69 Å². The Morgan fingerprint density at radius 1 is 1.00 bits per heavy atom. The first kappa shape index (κ1) is 20.7. The van der Waals surface area contributed by atoms with Crippen molar-refractivity contribution in [1.29, 1.82) is 0 Å². The molecular formula is C19H16FNO7. The van der Waals surface area contributed by atoms with Gasteiger partial charge in [0.2, 0.25) is 0 Å². The number of nitro groups is 1. The second-order valence-electron chi connectivity index (χ2n) is 5.69. The fourth-order valence-corrected chi connectivity index (χ4v) is 2.33. The summed E-state index contributed by atoms with van der Waals surface area (Å²) in [5, 5.41) is 11.0. The van der Waals surface area contributed by atoms with Crippen LogP contribution in [0.5, 0.6) is 0 Å². The van der Waals surface area contributed by atoms with E-state index in [0.29, 0.717) is 5.56 Å². The number of carbonyl (C=O) groups excluding carboxylic acids is 3. The normalized spacial score (nSPS) is 10.2. The smallest absolute Gasteiger partial charge is 0.338 e. The maximum absolute atomic E-state index is 12.8. The average Bonchev–Trinajstić information content (AvgIpc) is 2.70. The summed E-state index contributed by atoms with van der Waals surface area (Å²) in [7, 11) is 1.11. The van der Waals surface area contributed by atoms with Crippen LogP contribution in [0.3, 0.4) is 0 Å². The number of non-ortho nitro benzene ring substituents is 1. The van der Waals surface area contributed by atoms with Gasteiger partial charge in [-0.05, 0) is 36.8 Å². The van der Waals surface area contributed by atoms with E-state index in [2.05, 4.69) is 4.74 Å². The van der Waals surface area contributed by atoms with E-state index >= 15 is 0 Å². The Kier molecular flexibility index (Phi) is 6.91. The summed E-state index contributed by atoms with van der Waals surface area (Å²) in [6, 6.07) is 8.18. The molecule has 0 aliphatic rings. The molecule has 2 rings (SSSR count). The Hall–Kier alpha value is -3.62. The number of hydrogen-bond acceptors (Lipinski definition) is 7. The van der Waals surface area contributed by atoms with E-state index in [9.17, 15) is 28.9 Å². The fraction of sp³-hybridized carbons (Fsp3) is 0.211. The predicted molar refractivity (Wildman–Crippen MR) is 94.7 cm³/mol. The van der Waals surface area contributed by atoms with Crippen molar-refractivity contribution < 1.29 is 33.2 Å². The highest BCUT2D eigenvalue weighted by Crippen LogP contribution is 2.19. The third-order valence-electron chi connectivity index (χ3n) is 3.73. The lowest BCUT2D eigenvalue weighted by Crippen LogP contribution is -2.11. The minimum Gasteiger partial charge on any atom is -0.465 e. The van der Waals surface area contributed by atoms with Gasteiger partial charge in [-0.15, -0.1) is 0 Å². The van der Waals surface area contributed by atoms with Crippen LogP contribution in [0.25, 0.3) is 0 Å². The van der Waals surface area contributed by atoms with Crippen LogP contribution in [0.4, 0.5) is 10.1 Å². The van der Waals surface area contributed by atoms with E-state index in [1.165, 1.54) is 24.3 Å². The van der Waals surface area contributed by atoms with E-state index < -0.39 is 28.4 Å². The molecule has 0 fully saturated rings. The molecule has 0 aliphatic carbocycles. The molecule has 0 saturated carbocycles. The van der Waals surface area contributed by atoms with Crippen molar-refractivity contribution in [3.05, 3.63) is 75.1 Å². The second kappa shape index (κ2) is 9.36. The quantitative estimate of drug-likeness (QED) is 0.224. The van der Waals surface area contributed by atoms with Crippen molar-refractivity contribution in [2.24, 2.45) is 0 Å². The van der Waals surface area contributed by atoms with Gasteiger partial charge in [0, 0.05) is 24.1 Å². The van der Waals surface area contributed by atoms with Gasteiger partial charge in [-0.25, -0.2) is 14.0 Å². The number of hydrogen-bond donors (Lipinski definition) is 0. The first-order chi connectivity index (χ1) is 13.3. The van der Waals surface area contributed by atoms with E-state index in [1.807, 2.05) is 0 Å². The summed E-state index contributed by atoms with van der Waals surface area (Å²) in [6.45, 7) is -0.109. The van der Waals surface area contributed by atoms with Crippen LogP contribution in [-0.4, -0.2) is 36.4 Å². The lowest BCUT2D eigenvalue weighted by molar-refractivity contribution is -0.384. The number of rotatable bonds is 8. The van der Waals surface area contributed by atoms with E-state index in [4.69, 9.17) is 4.74 Å². The highest BCUT2D eigenvalue weighted by Gasteiger charge is 2.19. The third-order valence-corrected chi connectivity index (χ3v) is 3.73. The van der Waals surface area contributed by atoms with Gasteiger partial charge >= 0.3 is 11.9 Å². The molecule has 0 N–H and O–H groups in total. The number of nitrogens with zero attached hydrogens (tertiary/aromatic N) is 1. The highest BCUT2D eigenvalue weighted by atomic mass is 19.1. The molecule has 0 spiro atoms. The number of benzene rings is 2. The molecule has 0 aromatic heterocycles. The maximum Gasteiger partial charge on any atom is 0.338 e. The fourth-order valence-electron chi connectivity index (χ4n) is 2.33. The largest absolute Gasteiger partial charge is 0.465 e. The number of esters is 2. The number of carbonyl (C=O) groups is 3. The molecule has 0 atom stereocenters. The summed E-state index contributed by atoms with van der Waals surface area (Å²) in [5.41, 5.74) is -0.454. The lowest BCUT2D eigenvalue weighted by Gasteiger charge is -2.06. The molecule has 2 aromatic rings. The maximum atomic E-state index is 12.8. The average molecular weight is 389 g/mol. The molecule has 9 heteroatoms. The Morgan fingerprint density at radius 3 is 2.18 bits per heavy atom. The predicted octanol–water partition coefficient (Wildman–Crippen LogP) is 3.34. The molecule has 146 valence electrons. The lowest BCUT2D eigenvalue weighted by atomic mass is 10.1. The van der Waals surface area contributed by atoms with E-state index in [-0.39, 0.29) is 36.4 Å². The van der Waals surface area contributed by atoms with Crippen molar-refractivity contribution in [3.8, 4) is 0 Å². The molecule has 0 aliphatic heterocycles. The number of ether oxygens (including phenoxy) is 2. The molecule has 0 amide bonds. The summed E-state index contributed by atoms with van der Waals surface area (Å²) in [5.74, 6) is -2.39. The van der Waals surface area contributed by atoms with Gasteiger partial charge in [-0.1, -0.05) is 0 Å². The number of nitro benzene ring substituents is 1. The molecule has 0 saturated heterocycles. The van der Waals surface area contributed by atoms with Crippen LogP contribution in [0.15, 0.2) is 42.5 Å². The molecular weight excluding hydrogens is 373 g/mol. The SMILES string of the molecule is COC(=O)c1cc(C(=O)OCCCC(=O)c2ccc(F)cc2)cc([N+](=O)[O-])c1. The van der Waals surface area contributed by atoms with Gasteiger partial charge < -0.3 is 9.47 Å². The molecule has 8 nitrogen and oxygen atoms in total. The van der Waals surface area contributed by atoms with Gasteiger partial charge in [0.05, 0.1) is 29.8 Å². The molecule has 2 aromatic carbocycles. The van der Waals surface area contributed by atoms with Gasteiger partial charge in [-0.3, -0.25) is 14.9 Å². The first-order valence-electron chi connectivity index (χ1n) is 8.15. The van der Waals surface area contributed by atoms with Gasteiger partial charge in [0.15, 0.2) is 5.78 Å². The summed E-state index contributed by atoms with van der Waals surface area (Å²) < 4.78 is 22.4. The summed E-state index contributed by atoms with van der Waals surface area (Å²) >= 11 is 0. The van der Waals surface area contributed by atoms with Gasteiger partial charge in [-0.2, -0.15) is 0 Å². The molecule has 0 unspecified atom stereocenters. The Bertz CT molecular complexity index is 909. The number of ketones is 1. The van der Waals surface area contributed by atoms with Crippen LogP contribution >= 0.6 is 0 Å². The van der Waals surface area contributed by atoms with Crippen molar-refractivity contribution in [2.45, 2.75) is 12.8 Å². The third kappa shape index (κ3) is 5.44. The second-order valence-corrected chi connectivity index (χ2v) is 5.69. The van der Waals surface area contributed by atoms with Crippen LogP contribution < -0.4 is 0 Å². The van der Waals surface area contributed by atoms with Crippen molar-refractivity contribution >= 4 is 23.4 Å². The number of methoxy groups -OCH3 is 1. The van der Waals surface area contributed by atoms with E-state index in [1.54, 1.807) is 0 Å².